The molecule has 6 heteroatoms. The third-order valence-electron chi connectivity index (χ3n) is 6.16. The second kappa shape index (κ2) is 8.51. The van der Waals surface area contributed by atoms with E-state index in [1.165, 1.54) is 41.1 Å². The lowest BCUT2D eigenvalue weighted by molar-refractivity contribution is 0.0886. The summed E-state index contributed by atoms with van der Waals surface area (Å²) in [5.41, 5.74) is 4.43. The van der Waals surface area contributed by atoms with Gasteiger partial charge >= 0.3 is 0 Å². The quantitative estimate of drug-likeness (QED) is 0.843. The fourth-order valence-corrected chi connectivity index (χ4v) is 4.28. The van der Waals surface area contributed by atoms with Crippen molar-refractivity contribution in [1.82, 2.24) is 15.1 Å². The first kappa shape index (κ1) is 19.9. The molecule has 0 spiro atoms. The maximum atomic E-state index is 13.2. The van der Waals surface area contributed by atoms with E-state index in [2.05, 4.69) is 52.3 Å². The zero-order valence-electron chi connectivity index (χ0n) is 17.2. The van der Waals surface area contributed by atoms with E-state index in [-0.39, 0.29) is 17.8 Å². The monoisotopic (exact) mass is 396 g/mol. The molecule has 1 amide bonds. The van der Waals surface area contributed by atoms with Crippen molar-refractivity contribution in [3.05, 3.63) is 65.0 Å². The summed E-state index contributed by atoms with van der Waals surface area (Å²) in [6.07, 6.45) is 1.07. The predicted molar refractivity (Wildman–Crippen MR) is 114 cm³/mol. The number of rotatable bonds is 5. The Morgan fingerprint density at radius 2 is 1.76 bits per heavy atom. The summed E-state index contributed by atoms with van der Waals surface area (Å²) >= 11 is 0. The number of amides is 1. The number of anilines is 1. The molecule has 2 aliphatic heterocycles. The van der Waals surface area contributed by atoms with Crippen LogP contribution >= 0.6 is 0 Å². The van der Waals surface area contributed by atoms with Crippen LogP contribution in [0.5, 0.6) is 0 Å². The van der Waals surface area contributed by atoms with Crippen molar-refractivity contribution >= 4 is 11.6 Å². The molecule has 154 valence electrons. The molecule has 2 aromatic rings. The van der Waals surface area contributed by atoms with Crippen molar-refractivity contribution in [2.24, 2.45) is 0 Å². The van der Waals surface area contributed by atoms with Gasteiger partial charge in [-0.3, -0.25) is 9.69 Å². The van der Waals surface area contributed by atoms with Crippen LogP contribution < -0.4 is 10.2 Å². The third kappa shape index (κ3) is 4.43. The molecule has 0 unspecified atom stereocenters. The van der Waals surface area contributed by atoms with E-state index in [1.54, 1.807) is 0 Å². The normalized spacial score (nSPS) is 18.5. The minimum Gasteiger partial charge on any atom is -0.374 e. The molecule has 1 N–H and O–H groups in total. The number of nitrogens with one attached hydrogen (secondary N) is 1. The highest BCUT2D eigenvalue weighted by Gasteiger charge is 2.26. The molecular formula is C23H29FN4O. The van der Waals surface area contributed by atoms with Gasteiger partial charge in [-0.2, -0.15) is 0 Å². The Labute approximate surface area is 172 Å². The van der Waals surface area contributed by atoms with Crippen molar-refractivity contribution in [2.75, 3.05) is 58.3 Å². The van der Waals surface area contributed by atoms with Gasteiger partial charge in [-0.15, -0.1) is 0 Å². The number of hydrogen-bond donors (Lipinski definition) is 1. The molecular weight excluding hydrogens is 367 g/mol. The maximum Gasteiger partial charge on any atom is 0.251 e. The third-order valence-corrected chi connectivity index (χ3v) is 6.16. The standard InChI is InChI=1S/C23H29FN4O/c1-26-11-13-28(14-12-26)22(16-25-23(29)17-3-6-20(24)7-4-17)18-5-8-21-19(15-18)9-10-27(21)2/h3-8,15,22H,9-14,16H2,1-2H3,(H,25,29)/t22-/m0/s1. The van der Waals surface area contributed by atoms with Crippen LogP contribution in [-0.2, 0) is 6.42 Å². The van der Waals surface area contributed by atoms with E-state index in [0.29, 0.717) is 12.1 Å². The highest BCUT2D eigenvalue weighted by Crippen LogP contribution is 2.31. The number of carbonyl (C=O) groups excluding carboxylic acids is 1. The Bertz CT molecular complexity index is 862. The summed E-state index contributed by atoms with van der Waals surface area (Å²) in [5.74, 6) is -0.495. The number of piperazine rings is 1. The second-order valence-corrected chi connectivity index (χ2v) is 8.13. The molecule has 0 aromatic heterocycles. The van der Waals surface area contributed by atoms with Gasteiger partial charge in [0, 0.05) is 57.6 Å². The maximum absolute atomic E-state index is 13.2. The molecule has 0 radical (unpaired) electrons. The largest absolute Gasteiger partial charge is 0.374 e. The van der Waals surface area contributed by atoms with E-state index in [4.69, 9.17) is 0 Å². The van der Waals surface area contributed by atoms with Crippen LogP contribution in [0.15, 0.2) is 42.5 Å². The Balaban J connectivity index is 1.52. The molecule has 0 saturated carbocycles. The van der Waals surface area contributed by atoms with Gasteiger partial charge in [0.1, 0.15) is 5.82 Å². The molecule has 1 saturated heterocycles. The lowest BCUT2D eigenvalue weighted by Crippen LogP contribution is -2.48. The molecule has 2 heterocycles. The first-order valence-electron chi connectivity index (χ1n) is 10.3. The topological polar surface area (TPSA) is 38.8 Å². The lowest BCUT2D eigenvalue weighted by atomic mass is 10.00. The first-order chi connectivity index (χ1) is 14.0. The summed E-state index contributed by atoms with van der Waals surface area (Å²) in [4.78, 5) is 19.7. The van der Waals surface area contributed by atoms with Crippen LogP contribution in [0.4, 0.5) is 10.1 Å². The van der Waals surface area contributed by atoms with Crippen molar-refractivity contribution in [1.29, 1.82) is 0 Å². The molecule has 2 aliphatic rings. The zero-order valence-corrected chi connectivity index (χ0v) is 17.2. The average molecular weight is 397 g/mol. The van der Waals surface area contributed by atoms with Crippen LogP contribution in [0.1, 0.15) is 27.5 Å². The number of carbonyl (C=O) groups is 1. The van der Waals surface area contributed by atoms with Gasteiger partial charge < -0.3 is 15.1 Å². The number of likely N-dealkylation sites (N-methyl/N-ethyl adjacent to an activating group) is 2. The van der Waals surface area contributed by atoms with E-state index in [9.17, 15) is 9.18 Å². The van der Waals surface area contributed by atoms with Crippen molar-refractivity contribution in [3.8, 4) is 0 Å². The Hall–Kier alpha value is -2.44. The number of halogens is 1. The summed E-state index contributed by atoms with van der Waals surface area (Å²) in [7, 11) is 4.28. The summed E-state index contributed by atoms with van der Waals surface area (Å²) in [6, 6.07) is 12.6. The van der Waals surface area contributed by atoms with E-state index < -0.39 is 0 Å². The molecule has 2 aromatic carbocycles. The zero-order chi connectivity index (χ0) is 20.4. The number of benzene rings is 2. The minimum absolute atomic E-state index is 0.129. The van der Waals surface area contributed by atoms with Crippen LogP contribution in [0.25, 0.3) is 0 Å². The molecule has 0 bridgehead atoms. The van der Waals surface area contributed by atoms with Crippen LogP contribution in [0, 0.1) is 5.82 Å². The van der Waals surface area contributed by atoms with Gasteiger partial charge in [-0.05, 0) is 54.9 Å². The highest BCUT2D eigenvalue weighted by molar-refractivity contribution is 5.94. The van der Waals surface area contributed by atoms with Gasteiger partial charge in [-0.25, -0.2) is 4.39 Å². The highest BCUT2D eigenvalue weighted by atomic mass is 19.1. The number of fused-ring (bicyclic) bond motifs is 1. The Kier molecular flexibility index (Phi) is 5.83. The van der Waals surface area contributed by atoms with Crippen LogP contribution in [0.3, 0.4) is 0 Å². The van der Waals surface area contributed by atoms with Gasteiger partial charge in [-0.1, -0.05) is 12.1 Å². The minimum atomic E-state index is -0.333. The molecule has 5 nitrogen and oxygen atoms in total. The van der Waals surface area contributed by atoms with Crippen LogP contribution in [-0.4, -0.2) is 69.1 Å². The number of nitrogens with zero attached hydrogens (tertiary/aromatic N) is 3. The summed E-state index contributed by atoms with van der Waals surface area (Å²) in [5, 5.41) is 3.07. The fraction of sp³-hybridized carbons (Fsp3) is 0.435. The van der Waals surface area contributed by atoms with Crippen molar-refractivity contribution < 1.29 is 9.18 Å². The average Bonchev–Trinajstić information content (AvgIpc) is 3.10. The summed E-state index contributed by atoms with van der Waals surface area (Å²) in [6.45, 7) is 5.59. The molecule has 1 fully saturated rings. The van der Waals surface area contributed by atoms with Gasteiger partial charge in [0.15, 0.2) is 0 Å². The van der Waals surface area contributed by atoms with E-state index in [0.717, 1.165) is 39.1 Å². The first-order valence-corrected chi connectivity index (χ1v) is 10.3. The second-order valence-electron chi connectivity index (χ2n) is 8.13. The Morgan fingerprint density at radius 3 is 2.48 bits per heavy atom. The van der Waals surface area contributed by atoms with Crippen molar-refractivity contribution in [3.63, 3.8) is 0 Å². The number of hydrogen-bond acceptors (Lipinski definition) is 4. The summed E-state index contributed by atoms with van der Waals surface area (Å²) < 4.78 is 13.2. The van der Waals surface area contributed by atoms with Gasteiger partial charge in [0.2, 0.25) is 0 Å². The van der Waals surface area contributed by atoms with Crippen LogP contribution in [0.2, 0.25) is 0 Å². The smallest absolute Gasteiger partial charge is 0.251 e. The SMILES string of the molecule is CN1CCN([C@@H](CNC(=O)c2ccc(F)cc2)c2ccc3c(c2)CCN3C)CC1. The predicted octanol–water partition coefficient (Wildman–Crippen LogP) is 2.54. The molecule has 1 atom stereocenters. The van der Waals surface area contributed by atoms with Gasteiger partial charge in [0.25, 0.3) is 5.91 Å². The molecule has 0 aliphatic carbocycles. The van der Waals surface area contributed by atoms with Gasteiger partial charge in [0.05, 0.1) is 6.04 Å². The van der Waals surface area contributed by atoms with E-state index >= 15 is 0 Å². The fourth-order valence-electron chi connectivity index (χ4n) is 4.28. The Morgan fingerprint density at radius 1 is 1.03 bits per heavy atom. The molecule has 4 rings (SSSR count). The lowest BCUT2D eigenvalue weighted by Gasteiger charge is -2.38. The molecule has 29 heavy (non-hydrogen) atoms. The van der Waals surface area contributed by atoms with E-state index in [1.807, 2.05) is 0 Å². The van der Waals surface area contributed by atoms with Crippen molar-refractivity contribution in [2.45, 2.75) is 12.5 Å².